The van der Waals surface area contributed by atoms with E-state index in [1.165, 1.54) is 0 Å². The van der Waals surface area contributed by atoms with E-state index in [-0.39, 0.29) is 36.0 Å². The van der Waals surface area contributed by atoms with Gasteiger partial charge in [0, 0.05) is 0 Å². The van der Waals surface area contributed by atoms with Crippen molar-refractivity contribution in [3.63, 3.8) is 0 Å². The van der Waals surface area contributed by atoms with Gasteiger partial charge in [-0.2, -0.15) is 0 Å². The van der Waals surface area contributed by atoms with E-state index in [0.29, 0.717) is 0 Å². The monoisotopic (exact) mass is 370 g/mol. The molecule has 11 heavy (non-hydrogen) atoms. The molecular weight excluding hydrogens is 364 g/mol. The van der Waals surface area contributed by atoms with E-state index in [9.17, 15) is 9.59 Å². The van der Waals surface area contributed by atoms with Gasteiger partial charge in [-0.25, -0.2) is 0 Å². The first-order valence-electron chi connectivity index (χ1n) is 2.27. The van der Waals surface area contributed by atoms with Gasteiger partial charge in [0.05, 0.1) is 0 Å². The van der Waals surface area contributed by atoms with Gasteiger partial charge in [-0.1, -0.05) is 0 Å². The SMILES string of the molecule is O=C(O)CC(S)C(=O)[O][Au].[NaH]. The van der Waals surface area contributed by atoms with Crippen molar-refractivity contribution in [2.45, 2.75) is 11.7 Å². The average molecular weight is 370 g/mol. The molecule has 0 amide bonds. The topological polar surface area (TPSA) is 63.6 Å². The minimum atomic E-state index is -1.07. The molecule has 7 heteroatoms. The van der Waals surface area contributed by atoms with E-state index in [1.807, 2.05) is 0 Å². The molecule has 0 saturated carbocycles. The number of carboxylic acids is 1. The van der Waals surface area contributed by atoms with Gasteiger partial charge in [-0.05, 0) is 0 Å². The van der Waals surface area contributed by atoms with Crippen molar-refractivity contribution < 1.29 is 39.4 Å². The van der Waals surface area contributed by atoms with E-state index in [0.717, 1.165) is 0 Å². The zero-order chi connectivity index (χ0) is 8.15. The molecule has 0 rings (SSSR count). The van der Waals surface area contributed by atoms with E-state index in [2.05, 4.69) is 15.9 Å². The zero-order valence-electron chi connectivity index (χ0n) is 4.71. The van der Waals surface area contributed by atoms with Crippen LogP contribution in [0.25, 0.3) is 0 Å². The van der Waals surface area contributed by atoms with Crippen molar-refractivity contribution in [1.29, 1.82) is 0 Å². The number of rotatable bonds is 3. The minimum absolute atomic E-state index is 0. The molecule has 1 N–H and O–H groups in total. The van der Waals surface area contributed by atoms with E-state index >= 15 is 0 Å². The quantitative estimate of drug-likeness (QED) is 0.500. The Balaban J connectivity index is 0. The summed E-state index contributed by atoms with van der Waals surface area (Å²) in [6.45, 7) is 0. The number of carboxylic acid groups (broad SMARTS) is 1. The van der Waals surface area contributed by atoms with Crippen LogP contribution in [0.1, 0.15) is 6.42 Å². The fourth-order valence-corrected chi connectivity index (χ4v) is 1.00. The number of carbonyl (C=O) groups excluding carboxylic acids is 1. The fourth-order valence-electron chi connectivity index (χ4n) is 0.290. The second kappa shape index (κ2) is 7.67. The molecule has 64 valence electrons. The van der Waals surface area contributed by atoms with Crippen LogP contribution in [0.5, 0.6) is 0 Å². The van der Waals surface area contributed by atoms with Crippen LogP contribution in [0, 0.1) is 0 Å². The number of aliphatic carboxylic acids is 1. The summed E-state index contributed by atoms with van der Waals surface area (Å²) in [7, 11) is 0. The van der Waals surface area contributed by atoms with Gasteiger partial charge in [0.1, 0.15) is 0 Å². The van der Waals surface area contributed by atoms with Gasteiger partial charge in [0.25, 0.3) is 0 Å². The molecule has 0 aliphatic rings. The third kappa shape index (κ3) is 7.39. The summed E-state index contributed by atoms with van der Waals surface area (Å²) in [5.41, 5.74) is 0. The standard InChI is InChI=1S/C4H6O4S.Au.Na.H/c5-3(6)1-2(9)4(7)8;;;/h2,9H,1H2,(H,5,6)(H,7,8);;;/q;+1;;/p-1. The Morgan fingerprint density at radius 3 is 2.36 bits per heavy atom. The van der Waals surface area contributed by atoms with Crippen molar-refractivity contribution in [3.05, 3.63) is 0 Å². The normalized spacial score (nSPS) is 11.2. The van der Waals surface area contributed by atoms with Crippen molar-refractivity contribution in [3.8, 4) is 0 Å². The first-order valence-corrected chi connectivity index (χ1v) is 3.67. The van der Waals surface area contributed by atoms with Crippen molar-refractivity contribution >= 4 is 54.1 Å². The molecule has 1 unspecified atom stereocenters. The van der Waals surface area contributed by atoms with E-state index in [1.54, 1.807) is 21.5 Å². The number of hydrogen-bond donors (Lipinski definition) is 2. The van der Waals surface area contributed by atoms with Gasteiger partial charge in [-0.15, -0.1) is 0 Å². The first-order chi connectivity index (χ1) is 4.57. The summed E-state index contributed by atoms with van der Waals surface area (Å²) in [4.78, 5) is 20.4. The molecule has 0 bridgehead atoms. The molecule has 1 atom stereocenters. The number of carbonyl (C=O) groups is 2. The summed E-state index contributed by atoms with van der Waals surface area (Å²) in [6.07, 6.45) is -0.319. The van der Waals surface area contributed by atoms with Crippen LogP contribution in [0.2, 0.25) is 0 Å². The summed E-state index contributed by atoms with van der Waals surface area (Å²) in [6, 6.07) is 0. The van der Waals surface area contributed by atoms with Crippen LogP contribution in [0.3, 0.4) is 0 Å². The van der Waals surface area contributed by atoms with Crippen LogP contribution < -0.4 is 0 Å². The fraction of sp³-hybridized carbons (Fsp3) is 0.500. The molecule has 0 aliphatic carbocycles. The van der Waals surface area contributed by atoms with Gasteiger partial charge in [-0.3, -0.25) is 0 Å². The molecule has 0 fully saturated rings. The zero-order valence-corrected chi connectivity index (χ0v) is 7.77. The second-order valence-electron chi connectivity index (χ2n) is 1.49. The molecule has 0 aliphatic heterocycles. The summed E-state index contributed by atoms with van der Waals surface area (Å²) in [5.74, 6) is -1.71. The summed E-state index contributed by atoms with van der Waals surface area (Å²) >= 11 is 5.23. The Morgan fingerprint density at radius 1 is 1.64 bits per heavy atom. The molecule has 0 heterocycles. The van der Waals surface area contributed by atoms with Crippen LogP contribution in [-0.2, 0) is 34.3 Å². The third-order valence-electron chi connectivity index (χ3n) is 0.701. The first kappa shape index (κ1) is 14.5. The van der Waals surface area contributed by atoms with Gasteiger partial charge in [0.15, 0.2) is 0 Å². The molecule has 0 saturated heterocycles. The Labute approximate surface area is 104 Å². The Bertz CT molecular complexity index is 153. The predicted octanol–water partition coefficient (Wildman–Crippen LogP) is -0.884. The van der Waals surface area contributed by atoms with Crippen molar-refractivity contribution in [1.82, 2.24) is 0 Å². The maximum atomic E-state index is 10.5. The number of thiol groups is 1. The van der Waals surface area contributed by atoms with Crippen molar-refractivity contribution in [2.24, 2.45) is 0 Å². The molecular formula is C4H6AuNaO4S. The van der Waals surface area contributed by atoms with Crippen molar-refractivity contribution in [2.75, 3.05) is 0 Å². The maximum absolute atomic E-state index is 10.5. The molecule has 0 radical (unpaired) electrons. The predicted molar refractivity (Wildman–Crippen MR) is 38.3 cm³/mol. The van der Waals surface area contributed by atoms with Crippen LogP contribution in [-0.4, -0.2) is 51.9 Å². The summed E-state index contributed by atoms with van der Waals surface area (Å²) < 4.78 is 4.18. The Kier molecular flexibility index (Phi) is 10.1. The molecule has 0 aromatic rings. The number of hydrogen-bond acceptors (Lipinski definition) is 4. The van der Waals surface area contributed by atoms with Gasteiger partial charge in [0.2, 0.25) is 0 Å². The third-order valence-corrected chi connectivity index (χ3v) is 1.53. The van der Waals surface area contributed by atoms with E-state index in [4.69, 9.17) is 5.11 Å². The molecule has 4 nitrogen and oxygen atoms in total. The Morgan fingerprint density at radius 2 is 2.09 bits per heavy atom. The van der Waals surface area contributed by atoms with E-state index < -0.39 is 17.2 Å². The average Bonchev–Trinajstić information content (AvgIpc) is 1.85. The van der Waals surface area contributed by atoms with Crippen LogP contribution in [0.15, 0.2) is 0 Å². The van der Waals surface area contributed by atoms with Gasteiger partial charge < -0.3 is 0 Å². The molecule has 0 aromatic carbocycles. The van der Waals surface area contributed by atoms with Gasteiger partial charge >= 0.3 is 105 Å². The molecule has 0 aromatic heterocycles. The Hall–Kier alpha value is 1.03. The molecule has 0 spiro atoms. The second-order valence-corrected chi connectivity index (χ2v) is 2.56. The van der Waals surface area contributed by atoms with Crippen LogP contribution in [0.4, 0.5) is 0 Å². The summed E-state index contributed by atoms with van der Waals surface area (Å²) in [5, 5.41) is 7.29. The van der Waals surface area contributed by atoms with Crippen LogP contribution >= 0.6 is 12.6 Å².